The fraction of sp³-hybridized carbons (Fsp3) is 0.462. The van der Waals surface area contributed by atoms with Crippen molar-refractivity contribution in [3.05, 3.63) is 35.9 Å². The van der Waals surface area contributed by atoms with Gasteiger partial charge in [-0.2, -0.15) is 0 Å². The summed E-state index contributed by atoms with van der Waals surface area (Å²) in [6.45, 7) is 3.53. The first-order valence-electron chi connectivity index (χ1n) is 5.89. The van der Waals surface area contributed by atoms with Crippen molar-refractivity contribution in [3.63, 3.8) is 0 Å². The summed E-state index contributed by atoms with van der Waals surface area (Å²) in [6.07, 6.45) is 1.76. The molecule has 0 aliphatic carbocycles. The highest BCUT2D eigenvalue weighted by Gasteiger charge is 2.18. The van der Waals surface area contributed by atoms with Crippen LogP contribution in [0.1, 0.15) is 18.4 Å². The number of carbonyl (C=O) groups excluding carboxylic acids is 1. The zero-order chi connectivity index (χ0) is 11.2. The van der Waals surface area contributed by atoms with E-state index in [-0.39, 0.29) is 0 Å². The Morgan fingerprint density at radius 1 is 1.25 bits per heavy atom. The Bertz CT molecular complexity index is 337. The van der Waals surface area contributed by atoms with Crippen LogP contribution < -0.4 is 5.32 Å². The van der Waals surface area contributed by atoms with Gasteiger partial charge >= 0.3 is 0 Å². The number of benzene rings is 1. The van der Waals surface area contributed by atoms with Crippen molar-refractivity contribution in [2.45, 2.75) is 19.4 Å². The van der Waals surface area contributed by atoms with Gasteiger partial charge in [0.2, 0.25) is 5.91 Å². The minimum absolute atomic E-state index is 0.307. The summed E-state index contributed by atoms with van der Waals surface area (Å²) >= 11 is 0. The van der Waals surface area contributed by atoms with Crippen LogP contribution in [0.25, 0.3) is 0 Å². The lowest BCUT2D eigenvalue weighted by Gasteiger charge is -2.15. The third-order valence-corrected chi connectivity index (χ3v) is 2.90. The molecule has 2 rings (SSSR count). The predicted molar refractivity (Wildman–Crippen MR) is 64.0 cm³/mol. The van der Waals surface area contributed by atoms with Crippen molar-refractivity contribution >= 4 is 5.91 Å². The largest absolute Gasteiger partial charge is 0.341 e. The first-order chi connectivity index (χ1) is 7.86. The number of hydrogen-bond acceptors (Lipinski definition) is 2. The van der Waals surface area contributed by atoms with E-state index in [1.807, 2.05) is 23.1 Å². The number of rotatable bonds is 5. The maximum atomic E-state index is 11.3. The van der Waals surface area contributed by atoms with E-state index in [2.05, 4.69) is 17.4 Å². The van der Waals surface area contributed by atoms with Gasteiger partial charge in [0, 0.05) is 32.6 Å². The van der Waals surface area contributed by atoms with Crippen molar-refractivity contribution in [1.82, 2.24) is 10.2 Å². The van der Waals surface area contributed by atoms with Gasteiger partial charge in [0.05, 0.1) is 0 Å². The van der Waals surface area contributed by atoms with Crippen molar-refractivity contribution < 1.29 is 4.79 Å². The molecule has 3 heteroatoms. The smallest absolute Gasteiger partial charge is 0.222 e. The van der Waals surface area contributed by atoms with E-state index >= 15 is 0 Å². The Balaban J connectivity index is 1.64. The van der Waals surface area contributed by atoms with E-state index in [4.69, 9.17) is 0 Å². The Morgan fingerprint density at radius 3 is 2.75 bits per heavy atom. The average Bonchev–Trinajstić information content (AvgIpc) is 2.72. The van der Waals surface area contributed by atoms with Crippen LogP contribution in [0.3, 0.4) is 0 Å². The molecule has 0 atom stereocenters. The highest BCUT2D eigenvalue weighted by molar-refractivity contribution is 5.78. The van der Waals surface area contributed by atoms with Crippen molar-refractivity contribution in [1.29, 1.82) is 0 Å². The summed E-state index contributed by atoms with van der Waals surface area (Å²) in [6, 6.07) is 10.3. The second kappa shape index (κ2) is 5.66. The molecule has 0 radical (unpaired) electrons. The molecular formula is C13H18N2O. The highest BCUT2D eigenvalue weighted by Crippen LogP contribution is 2.08. The molecule has 1 aliphatic heterocycles. The quantitative estimate of drug-likeness (QED) is 0.758. The molecule has 1 aromatic rings. The monoisotopic (exact) mass is 218 g/mol. The van der Waals surface area contributed by atoms with Crippen LogP contribution in [-0.2, 0) is 11.3 Å². The van der Waals surface area contributed by atoms with Crippen molar-refractivity contribution in [2.24, 2.45) is 0 Å². The lowest BCUT2D eigenvalue weighted by Crippen LogP contribution is -2.32. The maximum Gasteiger partial charge on any atom is 0.222 e. The van der Waals surface area contributed by atoms with E-state index in [0.29, 0.717) is 5.91 Å². The van der Waals surface area contributed by atoms with Crippen LogP contribution in [0.15, 0.2) is 30.3 Å². The first kappa shape index (κ1) is 11.1. The van der Waals surface area contributed by atoms with Gasteiger partial charge in [0.25, 0.3) is 0 Å². The fourth-order valence-corrected chi connectivity index (χ4v) is 1.98. The zero-order valence-electron chi connectivity index (χ0n) is 9.48. The van der Waals surface area contributed by atoms with E-state index in [0.717, 1.165) is 39.0 Å². The van der Waals surface area contributed by atoms with Crippen LogP contribution in [0.2, 0.25) is 0 Å². The molecular weight excluding hydrogens is 200 g/mol. The molecule has 16 heavy (non-hydrogen) atoms. The number of likely N-dealkylation sites (tertiary alicyclic amines) is 1. The molecule has 0 spiro atoms. The second-order valence-electron chi connectivity index (χ2n) is 4.15. The summed E-state index contributed by atoms with van der Waals surface area (Å²) in [5.74, 6) is 0.307. The van der Waals surface area contributed by atoms with Gasteiger partial charge in [0.1, 0.15) is 0 Å². The third kappa shape index (κ3) is 3.07. The molecule has 3 nitrogen and oxygen atoms in total. The minimum atomic E-state index is 0.307. The van der Waals surface area contributed by atoms with Gasteiger partial charge in [0.15, 0.2) is 0 Å². The lowest BCUT2D eigenvalue weighted by molar-refractivity contribution is -0.127. The van der Waals surface area contributed by atoms with Gasteiger partial charge in [-0.05, 0) is 12.0 Å². The molecule has 0 saturated carbocycles. The van der Waals surface area contributed by atoms with Gasteiger partial charge < -0.3 is 10.2 Å². The molecule has 1 N–H and O–H groups in total. The molecule has 1 saturated heterocycles. The van der Waals surface area contributed by atoms with Crippen molar-refractivity contribution in [3.8, 4) is 0 Å². The highest BCUT2D eigenvalue weighted by atomic mass is 16.2. The fourth-order valence-electron chi connectivity index (χ4n) is 1.98. The SMILES string of the molecule is O=C1CCCN1CCNCc1ccccc1. The van der Waals surface area contributed by atoms with Crippen molar-refractivity contribution in [2.75, 3.05) is 19.6 Å². The van der Waals surface area contributed by atoms with Crippen LogP contribution in [0.4, 0.5) is 0 Å². The summed E-state index contributed by atoms with van der Waals surface area (Å²) in [5, 5.41) is 3.36. The van der Waals surface area contributed by atoms with Crippen LogP contribution in [0, 0.1) is 0 Å². The topological polar surface area (TPSA) is 32.3 Å². The Morgan fingerprint density at radius 2 is 2.06 bits per heavy atom. The number of hydrogen-bond donors (Lipinski definition) is 1. The number of nitrogens with zero attached hydrogens (tertiary/aromatic N) is 1. The third-order valence-electron chi connectivity index (χ3n) is 2.90. The zero-order valence-corrected chi connectivity index (χ0v) is 9.48. The summed E-state index contributed by atoms with van der Waals surface area (Å²) in [5.41, 5.74) is 1.29. The molecule has 0 unspecified atom stereocenters. The molecule has 0 bridgehead atoms. The van der Waals surface area contributed by atoms with Gasteiger partial charge in [-0.3, -0.25) is 4.79 Å². The van der Waals surface area contributed by atoms with Gasteiger partial charge in [-0.1, -0.05) is 30.3 Å². The van der Waals surface area contributed by atoms with Crippen LogP contribution >= 0.6 is 0 Å². The van der Waals surface area contributed by atoms with E-state index in [9.17, 15) is 4.79 Å². The van der Waals surface area contributed by atoms with Gasteiger partial charge in [-0.15, -0.1) is 0 Å². The molecule has 1 aliphatic rings. The number of carbonyl (C=O) groups is 1. The Labute approximate surface area is 96.5 Å². The molecule has 86 valence electrons. The van der Waals surface area contributed by atoms with E-state index < -0.39 is 0 Å². The molecule has 1 fully saturated rings. The normalized spacial score (nSPS) is 15.8. The van der Waals surface area contributed by atoms with Crippen LogP contribution in [0.5, 0.6) is 0 Å². The summed E-state index contributed by atoms with van der Waals surface area (Å²) in [7, 11) is 0. The van der Waals surface area contributed by atoms with Gasteiger partial charge in [-0.25, -0.2) is 0 Å². The average molecular weight is 218 g/mol. The molecule has 1 heterocycles. The molecule has 1 aromatic carbocycles. The molecule has 0 aromatic heterocycles. The Kier molecular flexibility index (Phi) is 3.94. The number of nitrogens with one attached hydrogen (secondary N) is 1. The summed E-state index contributed by atoms with van der Waals surface area (Å²) in [4.78, 5) is 13.3. The van der Waals surface area contributed by atoms with E-state index in [1.165, 1.54) is 5.56 Å². The second-order valence-corrected chi connectivity index (χ2v) is 4.15. The number of amides is 1. The maximum absolute atomic E-state index is 11.3. The van der Waals surface area contributed by atoms with Crippen LogP contribution in [-0.4, -0.2) is 30.4 Å². The predicted octanol–water partition coefficient (Wildman–Crippen LogP) is 1.40. The minimum Gasteiger partial charge on any atom is -0.341 e. The standard InChI is InChI=1S/C13H18N2O/c16-13-7-4-9-15(13)10-8-14-11-12-5-2-1-3-6-12/h1-3,5-6,14H,4,7-11H2. The van der Waals surface area contributed by atoms with E-state index in [1.54, 1.807) is 0 Å². The Hall–Kier alpha value is -1.35. The lowest BCUT2D eigenvalue weighted by atomic mass is 10.2. The molecule has 1 amide bonds. The summed E-state index contributed by atoms with van der Waals surface area (Å²) < 4.78 is 0. The first-order valence-corrected chi connectivity index (χ1v) is 5.89.